The molecule has 62 valence electrons. The predicted octanol–water partition coefficient (Wildman–Crippen LogP) is -8.81. The van der Waals surface area contributed by atoms with E-state index < -0.39 is 27.1 Å². The number of phosphoric acid groups is 1. The van der Waals surface area contributed by atoms with E-state index >= 15 is 0 Å². The Morgan fingerprint density at radius 3 is 1.67 bits per heavy atom. The fraction of sp³-hybridized carbons (Fsp3) is 1.00. The Labute approximate surface area is 114 Å². The summed E-state index contributed by atoms with van der Waals surface area (Å²) < 4.78 is 13.7. The molecule has 0 saturated carbocycles. The smallest absolute Gasteiger partial charge is 0.853 e. The Morgan fingerprint density at radius 1 is 1.25 bits per heavy atom. The van der Waals surface area contributed by atoms with Crippen molar-refractivity contribution in [3.63, 3.8) is 0 Å². The first-order valence-electron chi connectivity index (χ1n) is 2.39. The van der Waals surface area contributed by atoms with Crippen LogP contribution < -0.4 is 69.3 Å². The fourth-order valence-corrected chi connectivity index (χ4v) is 0.813. The van der Waals surface area contributed by atoms with Gasteiger partial charge in [0, 0.05) is 6.10 Å². The molecule has 9 heteroatoms. The van der Waals surface area contributed by atoms with Crippen LogP contribution in [0, 0.1) is 0 Å². The molecule has 6 nitrogen and oxygen atoms in total. The van der Waals surface area contributed by atoms with Gasteiger partial charge in [0.2, 0.25) is 0 Å². The summed E-state index contributed by atoms with van der Waals surface area (Å²) in [5.41, 5.74) is 0. The SMILES string of the molecule is O=P(O)(O)OC(C[O-])C[O-].[Na+].[Na+]. The molecule has 0 fully saturated rings. The van der Waals surface area contributed by atoms with Gasteiger partial charge in [0.15, 0.2) is 0 Å². The molecule has 0 unspecified atom stereocenters. The normalized spacial score (nSPS) is 10.4. The second-order valence-corrected chi connectivity index (χ2v) is 2.74. The van der Waals surface area contributed by atoms with E-state index in [4.69, 9.17) is 9.79 Å². The molecule has 0 amide bonds. The maximum Gasteiger partial charge on any atom is 1.00 e. The number of hydrogen-bond acceptors (Lipinski definition) is 4. The zero-order chi connectivity index (χ0) is 8.20. The Morgan fingerprint density at radius 2 is 1.58 bits per heavy atom. The first-order chi connectivity index (χ1) is 4.49. The molecule has 0 aliphatic carbocycles. The van der Waals surface area contributed by atoms with Gasteiger partial charge in [-0.05, 0) is 0 Å². The molecular formula is C3H7Na2O6P. The van der Waals surface area contributed by atoms with Gasteiger partial charge in [-0.15, -0.1) is 13.2 Å². The first-order valence-corrected chi connectivity index (χ1v) is 3.92. The van der Waals surface area contributed by atoms with Gasteiger partial charge in [0.25, 0.3) is 0 Å². The van der Waals surface area contributed by atoms with Gasteiger partial charge in [-0.2, -0.15) is 0 Å². The van der Waals surface area contributed by atoms with Crippen LogP contribution in [0.1, 0.15) is 0 Å². The van der Waals surface area contributed by atoms with Crippen molar-refractivity contribution in [1.82, 2.24) is 0 Å². The third-order valence-corrected chi connectivity index (χ3v) is 1.23. The monoisotopic (exact) mass is 216 g/mol. The number of phosphoric ester groups is 1. The van der Waals surface area contributed by atoms with Crippen LogP contribution in [0.2, 0.25) is 0 Å². The molecule has 0 radical (unpaired) electrons. The number of rotatable bonds is 4. The van der Waals surface area contributed by atoms with Crippen molar-refractivity contribution in [2.75, 3.05) is 13.2 Å². The molecule has 0 aromatic rings. The molecule has 0 aliphatic rings. The van der Waals surface area contributed by atoms with Gasteiger partial charge < -0.3 is 20.0 Å². The van der Waals surface area contributed by atoms with Crippen LogP contribution >= 0.6 is 7.82 Å². The topological polar surface area (TPSA) is 113 Å². The summed E-state index contributed by atoms with van der Waals surface area (Å²) in [4.78, 5) is 16.1. The zero-order valence-corrected chi connectivity index (χ0v) is 11.9. The molecule has 0 aliphatic heterocycles. The van der Waals surface area contributed by atoms with Crippen molar-refractivity contribution in [2.24, 2.45) is 0 Å². The fourth-order valence-electron chi connectivity index (χ4n) is 0.303. The van der Waals surface area contributed by atoms with Gasteiger partial charge in [0.1, 0.15) is 0 Å². The molecule has 0 rings (SSSR count). The molecule has 0 aromatic carbocycles. The quantitative estimate of drug-likeness (QED) is 0.356. The average molecular weight is 216 g/mol. The summed E-state index contributed by atoms with van der Waals surface area (Å²) in [7, 11) is -4.65. The van der Waals surface area contributed by atoms with Crippen molar-refractivity contribution >= 4 is 7.82 Å². The largest absolute Gasteiger partial charge is 1.00 e. The molecule has 2 N–H and O–H groups in total. The van der Waals surface area contributed by atoms with E-state index in [0.717, 1.165) is 0 Å². The maximum absolute atomic E-state index is 9.95. The minimum Gasteiger partial charge on any atom is -0.853 e. The summed E-state index contributed by atoms with van der Waals surface area (Å²) in [6.45, 7) is -1.87. The van der Waals surface area contributed by atoms with Gasteiger partial charge >= 0.3 is 66.9 Å². The summed E-state index contributed by atoms with van der Waals surface area (Å²) in [5.74, 6) is 0. The van der Waals surface area contributed by atoms with Gasteiger partial charge in [-0.25, -0.2) is 4.57 Å². The van der Waals surface area contributed by atoms with E-state index in [-0.39, 0.29) is 59.1 Å². The van der Waals surface area contributed by atoms with Crippen LogP contribution in [0.5, 0.6) is 0 Å². The Kier molecular flexibility index (Phi) is 15.6. The van der Waals surface area contributed by atoms with E-state index in [0.29, 0.717) is 0 Å². The maximum atomic E-state index is 9.95. The van der Waals surface area contributed by atoms with Crippen molar-refractivity contribution in [3.8, 4) is 0 Å². The van der Waals surface area contributed by atoms with E-state index in [1.807, 2.05) is 0 Å². The second-order valence-electron chi connectivity index (χ2n) is 1.55. The van der Waals surface area contributed by atoms with Crippen molar-refractivity contribution < 1.29 is 88.2 Å². The molecule has 0 atom stereocenters. The van der Waals surface area contributed by atoms with Gasteiger partial charge in [0.05, 0.1) is 0 Å². The second kappa shape index (κ2) is 9.58. The van der Waals surface area contributed by atoms with Crippen LogP contribution in [0.3, 0.4) is 0 Å². The van der Waals surface area contributed by atoms with Gasteiger partial charge in [-0.1, -0.05) is 0 Å². The van der Waals surface area contributed by atoms with Gasteiger partial charge in [-0.3, -0.25) is 4.52 Å². The summed E-state index contributed by atoms with van der Waals surface area (Å²) in [5, 5.41) is 19.7. The molecular weight excluding hydrogens is 209 g/mol. The third-order valence-electron chi connectivity index (χ3n) is 0.658. The molecule has 12 heavy (non-hydrogen) atoms. The Hall–Kier alpha value is 2.03. The molecule has 0 spiro atoms. The number of hydrogen-bond donors (Lipinski definition) is 2. The van der Waals surface area contributed by atoms with E-state index in [1.54, 1.807) is 0 Å². The van der Waals surface area contributed by atoms with Crippen LogP contribution in [0.4, 0.5) is 0 Å². The van der Waals surface area contributed by atoms with Crippen LogP contribution in [-0.4, -0.2) is 29.1 Å². The minimum absolute atomic E-state index is 0. The Bertz CT molecular complexity index is 133. The zero-order valence-electron chi connectivity index (χ0n) is 6.97. The van der Waals surface area contributed by atoms with E-state index in [9.17, 15) is 14.8 Å². The summed E-state index contributed by atoms with van der Waals surface area (Å²) in [6, 6.07) is 0. The third kappa shape index (κ3) is 12.0. The molecule has 0 saturated heterocycles. The summed E-state index contributed by atoms with van der Waals surface area (Å²) >= 11 is 0. The Balaban J connectivity index is -0.000000405. The van der Waals surface area contributed by atoms with Crippen molar-refractivity contribution in [1.29, 1.82) is 0 Å². The average Bonchev–Trinajstić information content (AvgIpc) is 1.81. The minimum atomic E-state index is -4.65. The van der Waals surface area contributed by atoms with Crippen molar-refractivity contribution in [2.45, 2.75) is 6.10 Å². The van der Waals surface area contributed by atoms with E-state index in [2.05, 4.69) is 4.52 Å². The molecule has 0 heterocycles. The van der Waals surface area contributed by atoms with Crippen LogP contribution in [0.25, 0.3) is 0 Å². The standard InChI is InChI=1S/C3H7O6P.2Na/c4-1-3(2-5)9-10(6,7)8;;/h3H,1-2H2,(H2,6,7,8);;/q-2;2*+1. The first kappa shape index (κ1) is 19.6. The molecule has 0 bridgehead atoms. The summed E-state index contributed by atoms with van der Waals surface area (Å²) in [6.07, 6.45) is -1.43. The van der Waals surface area contributed by atoms with Crippen LogP contribution in [0.15, 0.2) is 0 Å². The predicted molar refractivity (Wildman–Crippen MR) is 26.7 cm³/mol. The van der Waals surface area contributed by atoms with Crippen LogP contribution in [-0.2, 0) is 9.09 Å². The molecule has 0 aromatic heterocycles. The van der Waals surface area contributed by atoms with E-state index in [1.165, 1.54) is 0 Å². The van der Waals surface area contributed by atoms with Crippen molar-refractivity contribution in [3.05, 3.63) is 0 Å².